The van der Waals surface area contributed by atoms with Crippen molar-refractivity contribution in [2.45, 2.75) is 0 Å². The molecule has 1 N–H and O–H groups in total. The van der Waals surface area contributed by atoms with Crippen LogP contribution in [0.15, 0.2) is 467 Å². The van der Waals surface area contributed by atoms with Crippen molar-refractivity contribution < 1.29 is 26.5 Å². The summed E-state index contributed by atoms with van der Waals surface area (Å²) in [7, 11) is 0. The van der Waals surface area contributed by atoms with E-state index in [1.807, 2.05) is 158 Å². The maximum absolute atomic E-state index is 6.89. The number of hydrogen-bond donors (Lipinski definition) is 1. The molecule has 0 amide bonds. The average molecular weight is 1710 g/mol. The van der Waals surface area contributed by atoms with Gasteiger partial charge >= 0.3 is 0 Å². The lowest BCUT2D eigenvalue weighted by Crippen LogP contribution is -2.15. The number of nitrogens with zero attached hydrogens (tertiary/aromatic N) is 5. The highest BCUT2D eigenvalue weighted by atomic mass is 79.9. The van der Waals surface area contributed by atoms with Crippen LogP contribution in [0.1, 0.15) is 0 Å². The van der Waals surface area contributed by atoms with Gasteiger partial charge in [0.2, 0.25) is 0 Å². The molecular formula is C108H72Br2N6O6. The third kappa shape index (κ3) is 14.1. The number of fused-ring (bicyclic) bond motifs is 12. The molecule has 17 aromatic carbocycles. The lowest BCUT2D eigenvalue weighted by atomic mass is 10.0. The number of furan rings is 6. The Labute approximate surface area is 718 Å². The molecule has 23 aromatic rings. The molecule has 0 spiro atoms. The highest BCUT2D eigenvalue weighted by Crippen LogP contribution is 2.54. The molecule has 0 aliphatic carbocycles. The summed E-state index contributed by atoms with van der Waals surface area (Å²) in [6.45, 7) is 0. The molecule has 0 aliphatic heterocycles. The lowest BCUT2D eigenvalue weighted by molar-refractivity contribution is 0.616. The fourth-order valence-corrected chi connectivity index (χ4v) is 17.8. The third-order valence-electron chi connectivity index (χ3n) is 22.0. The number of para-hydroxylation sites is 12. The van der Waals surface area contributed by atoms with Gasteiger partial charge in [-0.25, -0.2) is 0 Å². The quantitative estimate of drug-likeness (QED) is 0.0938. The van der Waals surface area contributed by atoms with Gasteiger partial charge in [-0.05, 0) is 182 Å². The zero-order valence-corrected chi connectivity index (χ0v) is 68.6. The number of anilines is 17. The molecule has 584 valence electrons. The highest BCUT2D eigenvalue weighted by Gasteiger charge is 2.30. The van der Waals surface area contributed by atoms with E-state index in [9.17, 15) is 0 Å². The van der Waals surface area contributed by atoms with Crippen LogP contribution in [0.2, 0.25) is 0 Å². The smallest absolute Gasteiger partial charge is 0.139 e. The van der Waals surface area contributed by atoms with Crippen LogP contribution in [0.3, 0.4) is 0 Å². The van der Waals surface area contributed by atoms with Crippen molar-refractivity contribution in [1.82, 2.24) is 0 Å². The summed E-state index contributed by atoms with van der Waals surface area (Å²) in [4.78, 5) is 11.5. The minimum atomic E-state index is 0.750. The zero-order chi connectivity index (χ0) is 81.4. The fraction of sp³-hybridized carbons (Fsp3) is 0. The van der Waals surface area contributed by atoms with E-state index in [1.54, 1.807) is 0 Å². The molecule has 0 radical (unpaired) electrons. The van der Waals surface area contributed by atoms with E-state index < -0.39 is 0 Å². The molecule has 12 nitrogen and oxygen atoms in total. The summed E-state index contributed by atoms with van der Waals surface area (Å²) >= 11 is 6.66. The monoisotopic (exact) mass is 1710 g/mol. The Bertz CT molecular complexity index is 7390. The van der Waals surface area contributed by atoms with Gasteiger partial charge in [0, 0.05) is 111 Å². The molecule has 0 aliphatic rings. The van der Waals surface area contributed by atoms with Crippen LogP contribution in [0.5, 0.6) is 0 Å². The first-order valence-electron chi connectivity index (χ1n) is 40.2. The summed E-state index contributed by atoms with van der Waals surface area (Å²) in [5.74, 6) is 0. The minimum absolute atomic E-state index is 0.750. The van der Waals surface area contributed by atoms with Gasteiger partial charge in [0.25, 0.3) is 0 Å². The van der Waals surface area contributed by atoms with Crippen molar-refractivity contribution >= 4 is 227 Å². The molecular weight excluding hydrogens is 1640 g/mol. The largest absolute Gasteiger partial charge is 0.462 e. The van der Waals surface area contributed by atoms with Crippen molar-refractivity contribution in [3.05, 3.63) is 440 Å². The molecule has 6 heterocycles. The second-order valence-electron chi connectivity index (χ2n) is 29.5. The van der Waals surface area contributed by atoms with Gasteiger partial charge in [0.05, 0.1) is 61.7 Å². The second kappa shape index (κ2) is 32.4. The Morgan fingerprint density at radius 1 is 0.180 bits per heavy atom. The maximum atomic E-state index is 6.89. The Morgan fingerprint density at radius 3 is 0.803 bits per heavy atom. The molecule has 122 heavy (non-hydrogen) atoms. The van der Waals surface area contributed by atoms with E-state index >= 15 is 0 Å². The van der Waals surface area contributed by atoms with E-state index in [1.165, 1.54) is 0 Å². The summed E-state index contributed by atoms with van der Waals surface area (Å²) in [6.07, 6.45) is 5.56. The van der Waals surface area contributed by atoms with Crippen molar-refractivity contribution in [3.8, 4) is 0 Å². The minimum Gasteiger partial charge on any atom is -0.462 e. The van der Waals surface area contributed by atoms with Gasteiger partial charge in [0.15, 0.2) is 0 Å². The van der Waals surface area contributed by atoms with E-state index in [0.29, 0.717) is 0 Å². The normalized spacial score (nSPS) is 11.4. The van der Waals surface area contributed by atoms with Crippen LogP contribution in [0.4, 0.5) is 96.7 Å². The van der Waals surface area contributed by atoms with Gasteiger partial charge in [0.1, 0.15) is 69.0 Å². The van der Waals surface area contributed by atoms with Crippen LogP contribution < -0.4 is 29.8 Å². The molecule has 0 atom stereocenters. The second-order valence-corrected chi connectivity index (χ2v) is 31.3. The van der Waals surface area contributed by atoms with Crippen LogP contribution in [-0.4, -0.2) is 0 Å². The average Bonchev–Trinajstić information content (AvgIpc) is 1.55. The zero-order valence-electron chi connectivity index (χ0n) is 65.4. The van der Waals surface area contributed by atoms with Gasteiger partial charge in [-0.15, -0.1) is 0 Å². The van der Waals surface area contributed by atoms with E-state index in [-0.39, 0.29) is 0 Å². The summed E-state index contributed by atoms with van der Waals surface area (Å²) < 4.78 is 41.0. The van der Waals surface area contributed by atoms with Crippen molar-refractivity contribution in [3.63, 3.8) is 0 Å². The van der Waals surface area contributed by atoms with Gasteiger partial charge in [-0.2, -0.15) is 0 Å². The van der Waals surface area contributed by atoms with Crippen LogP contribution >= 0.6 is 31.9 Å². The van der Waals surface area contributed by atoms with Gasteiger partial charge < -0.3 is 56.3 Å². The Hall–Kier alpha value is -15.5. The predicted molar refractivity (Wildman–Crippen MR) is 509 cm³/mol. The first-order chi connectivity index (χ1) is 60.3. The molecule has 0 bridgehead atoms. The van der Waals surface area contributed by atoms with E-state index in [4.69, 9.17) is 26.5 Å². The molecule has 0 saturated heterocycles. The summed E-state index contributed by atoms with van der Waals surface area (Å²) in [5.41, 5.74) is 23.5. The van der Waals surface area contributed by atoms with Crippen molar-refractivity contribution in [1.29, 1.82) is 0 Å². The summed E-state index contributed by atoms with van der Waals surface area (Å²) in [5, 5.41) is 12.7. The predicted octanol–water partition coefficient (Wildman–Crippen LogP) is 33.6. The maximum Gasteiger partial charge on any atom is 0.139 e. The number of halogens is 2. The topological polar surface area (TPSA) is 107 Å². The number of rotatable bonds is 17. The Morgan fingerprint density at radius 2 is 0.459 bits per heavy atom. The van der Waals surface area contributed by atoms with Gasteiger partial charge in [-0.1, -0.05) is 244 Å². The number of hydrogen-bond acceptors (Lipinski definition) is 12. The fourth-order valence-electron chi connectivity index (χ4n) is 16.7. The van der Waals surface area contributed by atoms with Crippen molar-refractivity contribution in [2.75, 3.05) is 29.8 Å². The van der Waals surface area contributed by atoms with E-state index in [0.717, 1.165) is 204 Å². The molecule has 6 aromatic heterocycles. The first-order valence-corrected chi connectivity index (χ1v) is 41.8. The van der Waals surface area contributed by atoms with Gasteiger partial charge in [-0.3, -0.25) is 0 Å². The van der Waals surface area contributed by atoms with E-state index in [2.05, 4.69) is 335 Å². The lowest BCUT2D eigenvalue weighted by Gasteiger charge is -2.31. The summed E-state index contributed by atoms with van der Waals surface area (Å²) in [6, 6.07) is 142. The first kappa shape index (κ1) is 74.1. The molecule has 14 heteroatoms. The number of nitrogens with one attached hydrogen (secondary N) is 1. The molecule has 23 rings (SSSR count). The van der Waals surface area contributed by atoms with Crippen LogP contribution in [0.25, 0.3) is 98.7 Å². The Balaban J connectivity index is 0.000000171. The standard InChI is InChI=1S/C70H46N4O4.C32H22N2O2.C6H4Br2/c1-5-22-47(23-6-1)71(53-41-59(69-57-34-15-19-38-65(57)77-67(69)43-53)73(49-26-9-3-10-27-49)61-45-75-63-36-17-13-32-55(61)63)51-30-21-31-52(40-51)72(48-24-7-2-8-25-48)54-42-60(70-58-35-16-20-39-66(58)78-68(70)44-54)74(50-28-11-4-12-29-50)62-46-76-64-37-18-14-33-56(62)64;1-3-11-22(12-4-1)33-23-19-27(32-26-16-8-10-18-30(26)36-31(32)20-23)34(24-13-5-2-6-14-24)28-21-35-29-17-9-7-15-25(28)29;7-5-2-1-3-6(8)4-5/h1-46H;1-21,33H;1-4H. The number of benzene rings is 17. The van der Waals surface area contributed by atoms with Crippen LogP contribution in [0, 0.1) is 0 Å². The van der Waals surface area contributed by atoms with Crippen molar-refractivity contribution in [2.24, 2.45) is 0 Å². The Kier molecular flexibility index (Phi) is 19.7. The molecule has 0 saturated carbocycles. The van der Waals surface area contributed by atoms with Crippen LogP contribution in [-0.2, 0) is 0 Å². The highest BCUT2D eigenvalue weighted by molar-refractivity contribution is 9.11. The molecule has 0 fully saturated rings. The molecule has 0 unspecified atom stereocenters. The third-order valence-corrected chi connectivity index (χ3v) is 22.9. The SMILES string of the molecule is Brc1cccc(Br)c1.c1ccc(N(c2cccc(N(c3ccccc3)c3cc(N(c4ccccc4)c4coc5ccccc45)c4c(c3)oc3ccccc34)c2)c2cc(N(c3ccccc3)c3coc4ccccc34)c3c(c2)oc2ccccc23)cc1.c1ccc(Nc2cc(N(c3ccccc3)c3coc4ccccc34)c3c(c2)oc2ccccc23)cc1.